The molecule has 5 nitrogen and oxygen atoms in total. The highest BCUT2D eigenvalue weighted by molar-refractivity contribution is 14.0. The van der Waals surface area contributed by atoms with Crippen molar-refractivity contribution >= 4 is 41.5 Å². The van der Waals surface area contributed by atoms with Crippen LogP contribution in [0, 0.1) is 0 Å². The fourth-order valence-electron chi connectivity index (χ4n) is 2.23. The van der Waals surface area contributed by atoms with Crippen LogP contribution in [0.15, 0.2) is 29.3 Å². The summed E-state index contributed by atoms with van der Waals surface area (Å²) >= 11 is 0. The summed E-state index contributed by atoms with van der Waals surface area (Å²) in [6.45, 7) is 3.93. The van der Waals surface area contributed by atoms with Gasteiger partial charge in [0.1, 0.15) is 6.54 Å². The van der Waals surface area contributed by atoms with E-state index in [1.54, 1.807) is 0 Å². The summed E-state index contributed by atoms with van der Waals surface area (Å²) in [5.41, 5.74) is 7.95. The summed E-state index contributed by atoms with van der Waals surface area (Å²) in [6, 6.07) is 8.02. The highest BCUT2D eigenvalue weighted by Crippen LogP contribution is 2.10. The second-order valence-corrected chi connectivity index (χ2v) is 4.96. The highest BCUT2D eigenvalue weighted by atomic mass is 127. The second kappa shape index (κ2) is 8.86. The maximum atomic E-state index is 11.8. The lowest BCUT2D eigenvalue weighted by Gasteiger charge is -2.13. The van der Waals surface area contributed by atoms with Gasteiger partial charge in [0.05, 0.1) is 0 Å². The molecule has 0 bridgehead atoms. The minimum atomic E-state index is 0. The summed E-state index contributed by atoms with van der Waals surface area (Å²) < 4.78 is 0. The van der Waals surface area contributed by atoms with Gasteiger partial charge in [-0.2, -0.15) is 0 Å². The van der Waals surface area contributed by atoms with Crippen molar-refractivity contribution in [3.05, 3.63) is 29.8 Å². The Kier molecular flexibility index (Phi) is 7.49. The molecule has 1 amide bonds. The summed E-state index contributed by atoms with van der Waals surface area (Å²) in [5, 5.41) is 3.00. The molecule has 0 radical (unpaired) electrons. The topological polar surface area (TPSA) is 70.7 Å². The van der Waals surface area contributed by atoms with E-state index < -0.39 is 0 Å². The number of carbonyl (C=O) groups is 1. The van der Waals surface area contributed by atoms with Crippen molar-refractivity contribution in [3.63, 3.8) is 0 Å². The molecule has 1 aliphatic heterocycles. The molecule has 1 fully saturated rings. The number of benzene rings is 1. The molecule has 0 aliphatic carbocycles. The summed E-state index contributed by atoms with van der Waals surface area (Å²) in [5.74, 6) is 0.329. The maximum absolute atomic E-state index is 11.8. The van der Waals surface area contributed by atoms with E-state index in [-0.39, 0.29) is 42.4 Å². The van der Waals surface area contributed by atoms with Gasteiger partial charge in [0.25, 0.3) is 0 Å². The zero-order valence-corrected chi connectivity index (χ0v) is 14.7. The van der Waals surface area contributed by atoms with E-state index in [4.69, 9.17) is 5.73 Å². The molecule has 0 atom stereocenters. The Bertz CT molecular complexity index is 481. The lowest BCUT2D eigenvalue weighted by Crippen LogP contribution is -2.31. The molecule has 116 valence electrons. The van der Waals surface area contributed by atoms with Crippen molar-refractivity contribution in [2.75, 3.05) is 25.0 Å². The van der Waals surface area contributed by atoms with E-state index in [1.807, 2.05) is 29.2 Å². The number of anilines is 1. The van der Waals surface area contributed by atoms with E-state index >= 15 is 0 Å². The first kappa shape index (κ1) is 17.7. The number of rotatable bonds is 4. The standard InChI is InChI=1S/C15H22N4O.HI/c1-2-12-5-7-13(8-6-12)18-15(16)17-11-14(20)19-9-3-4-10-19;/h5-8H,2-4,9-11H2,1H3,(H3,16,17,18);1H. The van der Waals surface area contributed by atoms with Gasteiger partial charge < -0.3 is 16.0 Å². The molecule has 6 heteroatoms. The normalized spacial score (nSPS) is 14.7. The van der Waals surface area contributed by atoms with Crippen LogP contribution < -0.4 is 11.1 Å². The van der Waals surface area contributed by atoms with Crippen LogP contribution in [0.2, 0.25) is 0 Å². The van der Waals surface area contributed by atoms with Crippen LogP contribution in [-0.2, 0) is 11.2 Å². The summed E-state index contributed by atoms with van der Waals surface area (Å²) in [7, 11) is 0. The zero-order valence-electron chi connectivity index (χ0n) is 12.3. The molecular weight excluding hydrogens is 379 g/mol. The van der Waals surface area contributed by atoms with E-state index in [1.165, 1.54) is 5.56 Å². The monoisotopic (exact) mass is 402 g/mol. The molecule has 3 N–H and O–H groups in total. The lowest BCUT2D eigenvalue weighted by molar-refractivity contribution is -0.128. The highest BCUT2D eigenvalue weighted by Gasteiger charge is 2.16. The van der Waals surface area contributed by atoms with Crippen LogP contribution in [0.25, 0.3) is 0 Å². The molecule has 0 saturated carbocycles. The number of nitrogens with two attached hydrogens (primary N) is 1. The Morgan fingerprint density at radius 3 is 2.48 bits per heavy atom. The van der Waals surface area contributed by atoms with Crippen LogP contribution >= 0.6 is 24.0 Å². The van der Waals surface area contributed by atoms with Gasteiger partial charge in [-0.25, -0.2) is 4.99 Å². The fraction of sp³-hybridized carbons (Fsp3) is 0.467. The minimum Gasteiger partial charge on any atom is -0.370 e. The Hall–Kier alpha value is -1.31. The SMILES string of the molecule is CCc1ccc(NC(N)=NCC(=O)N2CCCC2)cc1.I. The Morgan fingerprint density at radius 2 is 1.90 bits per heavy atom. The van der Waals surface area contributed by atoms with Crippen LogP contribution in [0.5, 0.6) is 0 Å². The third-order valence-electron chi connectivity index (χ3n) is 3.48. The van der Waals surface area contributed by atoms with Gasteiger partial charge in [0.15, 0.2) is 5.96 Å². The van der Waals surface area contributed by atoms with Gasteiger partial charge in [0, 0.05) is 18.8 Å². The maximum Gasteiger partial charge on any atom is 0.244 e. The largest absolute Gasteiger partial charge is 0.370 e. The predicted octanol–water partition coefficient (Wildman–Crippen LogP) is 2.22. The van der Waals surface area contributed by atoms with Crippen molar-refractivity contribution in [1.82, 2.24) is 4.90 Å². The molecule has 1 saturated heterocycles. The van der Waals surface area contributed by atoms with Crippen molar-refractivity contribution in [2.45, 2.75) is 26.2 Å². The average molecular weight is 402 g/mol. The molecule has 0 spiro atoms. The van der Waals surface area contributed by atoms with Crippen molar-refractivity contribution in [2.24, 2.45) is 10.7 Å². The molecule has 1 aromatic carbocycles. The number of halogens is 1. The van der Waals surface area contributed by atoms with E-state index in [9.17, 15) is 4.79 Å². The quantitative estimate of drug-likeness (QED) is 0.461. The fourth-order valence-corrected chi connectivity index (χ4v) is 2.23. The number of hydrogen-bond donors (Lipinski definition) is 2. The van der Waals surface area contributed by atoms with Gasteiger partial charge in [-0.1, -0.05) is 19.1 Å². The molecule has 1 aromatic rings. The number of hydrogen-bond acceptors (Lipinski definition) is 2. The van der Waals surface area contributed by atoms with Crippen molar-refractivity contribution in [3.8, 4) is 0 Å². The van der Waals surface area contributed by atoms with Crippen molar-refractivity contribution in [1.29, 1.82) is 0 Å². The number of nitrogens with one attached hydrogen (secondary N) is 1. The van der Waals surface area contributed by atoms with E-state index in [0.29, 0.717) is 0 Å². The number of likely N-dealkylation sites (tertiary alicyclic amines) is 1. The van der Waals surface area contributed by atoms with Gasteiger partial charge in [-0.15, -0.1) is 24.0 Å². The predicted molar refractivity (Wildman–Crippen MR) is 97.2 cm³/mol. The molecule has 0 aromatic heterocycles. The summed E-state index contributed by atoms with van der Waals surface area (Å²) in [4.78, 5) is 17.8. The molecule has 0 unspecified atom stereocenters. The van der Waals surface area contributed by atoms with Gasteiger partial charge in [-0.3, -0.25) is 4.79 Å². The molecule has 21 heavy (non-hydrogen) atoms. The van der Waals surface area contributed by atoms with Crippen LogP contribution in [-0.4, -0.2) is 36.4 Å². The van der Waals surface area contributed by atoms with Gasteiger partial charge in [-0.05, 0) is 37.0 Å². The van der Waals surface area contributed by atoms with Crippen LogP contribution in [0.4, 0.5) is 5.69 Å². The first-order chi connectivity index (χ1) is 9.69. The third kappa shape index (κ3) is 5.53. The van der Waals surface area contributed by atoms with E-state index in [0.717, 1.165) is 38.0 Å². The summed E-state index contributed by atoms with van der Waals surface area (Å²) in [6.07, 6.45) is 3.19. The number of aliphatic imine (C=N–C) groups is 1. The second-order valence-electron chi connectivity index (χ2n) is 4.96. The number of nitrogens with zero attached hydrogens (tertiary/aromatic N) is 2. The number of carbonyl (C=O) groups excluding carboxylic acids is 1. The average Bonchev–Trinajstić information content (AvgIpc) is 3.00. The van der Waals surface area contributed by atoms with Gasteiger partial charge >= 0.3 is 0 Å². The first-order valence-corrected chi connectivity index (χ1v) is 7.12. The molecule has 1 aliphatic rings. The first-order valence-electron chi connectivity index (χ1n) is 7.12. The van der Waals surface area contributed by atoms with Crippen molar-refractivity contribution < 1.29 is 4.79 Å². The Balaban J connectivity index is 0.00000220. The lowest BCUT2D eigenvalue weighted by atomic mass is 10.1. The smallest absolute Gasteiger partial charge is 0.244 e. The molecule has 2 rings (SSSR count). The Morgan fingerprint density at radius 1 is 1.29 bits per heavy atom. The van der Waals surface area contributed by atoms with Crippen LogP contribution in [0.3, 0.4) is 0 Å². The minimum absolute atomic E-state index is 0. The van der Waals surface area contributed by atoms with Crippen LogP contribution in [0.1, 0.15) is 25.3 Å². The zero-order chi connectivity index (χ0) is 14.4. The number of aryl methyl sites for hydroxylation is 1. The van der Waals surface area contributed by atoms with E-state index in [2.05, 4.69) is 17.2 Å². The van der Waals surface area contributed by atoms with Gasteiger partial charge in [0.2, 0.25) is 5.91 Å². The Labute approximate surface area is 143 Å². The number of guanidine groups is 1. The third-order valence-corrected chi connectivity index (χ3v) is 3.48. The molecular formula is C15H23IN4O. The number of amides is 1. The molecule has 1 heterocycles.